The van der Waals surface area contributed by atoms with Crippen LogP contribution in [0, 0.1) is 0 Å². The van der Waals surface area contributed by atoms with E-state index in [0.717, 1.165) is 60.4 Å². The SMILES string of the molecule is O=C(c1cc(-c2ccsc2)nc2ccccc12)N1CCN(C/C=C/c2ccccc2)CC1. The number of hydrogen-bond acceptors (Lipinski definition) is 4. The molecule has 5 heteroatoms. The van der Waals surface area contributed by atoms with E-state index < -0.39 is 0 Å². The highest BCUT2D eigenvalue weighted by atomic mass is 32.1. The van der Waals surface area contributed by atoms with Gasteiger partial charge in [0.05, 0.1) is 16.8 Å². The molecule has 0 atom stereocenters. The summed E-state index contributed by atoms with van der Waals surface area (Å²) in [7, 11) is 0. The molecule has 5 rings (SSSR count). The fourth-order valence-electron chi connectivity index (χ4n) is 4.12. The highest BCUT2D eigenvalue weighted by Crippen LogP contribution is 2.27. The number of fused-ring (bicyclic) bond motifs is 1. The molecule has 1 amide bonds. The third-order valence-corrected chi connectivity index (χ3v) is 6.58. The van der Waals surface area contributed by atoms with Crippen molar-refractivity contribution in [3.8, 4) is 11.3 Å². The molecule has 1 aliphatic rings. The fraction of sp³-hybridized carbons (Fsp3) is 0.185. The standard InChI is InChI=1S/C27H25N3OS/c31-27(30-16-14-29(15-17-30)13-6-9-21-7-2-1-3-8-21)24-19-26(22-12-18-32-20-22)28-25-11-5-4-10-23(24)25/h1-12,18-20H,13-17H2/b9-6+. The van der Waals surface area contributed by atoms with Crippen LogP contribution in [0.3, 0.4) is 0 Å². The second kappa shape index (κ2) is 9.47. The maximum absolute atomic E-state index is 13.5. The van der Waals surface area contributed by atoms with E-state index in [1.165, 1.54) is 5.56 Å². The molecule has 0 radical (unpaired) electrons. The molecule has 0 spiro atoms. The first-order chi connectivity index (χ1) is 15.8. The monoisotopic (exact) mass is 439 g/mol. The lowest BCUT2D eigenvalue weighted by molar-refractivity contribution is 0.0652. The van der Waals surface area contributed by atoms with Gasteiger partial charge in [-0.05, 0) is 29.1 Å². The van der Waals surface area contributed by atoms with Crippen LogP contribution in [0.2, 0.25) is 0 Å². The third kappa shape index (κ3) is 4.49. The Balaban J connectivity index is 1.29. The minimum atomic E-state index is 0.0968. The molecule has 2 aromatic carbocycles. The van der Waals surface area contributed by atoms with E-state index in [1.54, 1.807) is 11.3 Å². The van der Waals surface area contributed by atoms with Crippen molar-refractivity contribution in [3.63, 3.8) is 0 Å². The number of nitrogens with zero attached hydrogens (tertiary/aromatic N) is 3. The molecule has 0 unspecified atom stereocenters. The number of amides is 1. The van der Waals surface area contributed by atoms with Crippen LogP contribution in [0.15, 0.2) is 83.6 Å². The van der Waals surface area contributed by atoms with Crippen LogP contribution in [0.4, 0.5) is 0 Å². The number of rotatable bonds is 5. The lowest BCUT2D eigenvalue weighted by Crippen LogP contribution is -2.48. The van der Waals surface area contributed by atoms with E-state index in [0.29, 0.717) is 0 Å². The van der Waals surface area contributed by atoms with Crippen molar-refractivity contribution in [3.05, 3.63) is 94.7 Å². The molecule has 2 aromatic heterocycles. The van der Waals surface area contributed by atoms with E-state index >= 15 is 0 Å². The molecule has 160 valence electrons. The zero-order valence-corrected chi connectivity index (χ0v) is 18.7. The Morgan fingerprint density at radius 3 is 2.53 bits per heavy atom. The average molecular weight is 440 g/mol. The first kappa shape index (κ1) is 20.6. The van der Waals surface area contributed by atoms with Crippen LogP contribution < -0.4 is 0 Å². The van der Waals surface area contributed by atoms with Gasteiger partial charge in [-0.1, -0.05) is 60.7 Å². The second-order valence-corrected chi connectivity index (χ2v) is 8.77. The van der Waals surface area contributed by atoms with E-state index in [4.69, 9.17) is 4.98 Å². The van der Waals surface area contributed by atoms with Gasteiger partial charge in [-0.25, -0.2) is 4.98 Å². The minimum Gasteiger partial charge on any atom is -0.336 e. The van der Waals surface area contributed by atoms with E-state index in [9.17, 15) is 4.79 Å². The number of hydrogen-bond donors (Lipinski definition) is 0. The molecule has 1 aliphatic heterocycles. The predicted octanol–water partition coefficient (Wildman–Crippen LogP) is 5.43. The molecule has 0 aliphatic carbocycles. The van der Waals surface area contributed by atoms with Gasteiger partial charge in [-0.3, -0.25) is 9.69 Å². The van der Waals surface area contributed by atoms with E-state index in [1.807, 2.05) is 46.7 Å². The molecular weight excluding hydrogens is 414 g/mol. The van der Waals surface area contributed by atoms with Gasteiger partial charge in [0, 0.05) is 49.1 Å². The van der Waals surface area contributed by atoms with Crippen LogP contribution in [-0.4, -0.2) is 53.4 Å². The number of pyridine rings is 1. The van der Waals surface area contributed by atoms with Gasteiger partial charge >= 0.3 is 0 Å². The Kier molecular flexibility index (Phi) is 6.10. The number of carbonyl (C=O) groups is 1. The van der Waals surface area contributed by atoms with Gasteiger partial charge < -0.3 is 4.90 Å². The Morgan fingerprint density at radius 2 is 1.75 bits per heavy atom. The number of carbonyl (C=O) groups excluding carboxylic acids is 1. The summed E-state index contributed by atoms with van der Waals surface area (Å²) in [6.07, 6.45) is 4.36. The normalized spacial score (nSPS) is 14.9. The molecule has 3 heterocycles. The smallest absolute Gasteiger partial charge is 0.254 e. The van der Waals surface area contributed by atoms with E-state index in [-0.39, 0.29) is 5.91 Å². The van der Waals surface area contributed by atoms with Crippen LogP contribution in [-0.2, 0) is 0 Å². The summed E-state index contributed by atoms with van der Waals surface area (Å²) in [6.45, 7) is 4.14. The molecule has 0 saturated carbocycles. The Hall–Kier alpha value is -3.28. The van der Waals surface area contributed by atoms with Gasteiger partial charge in [0.2, 0.25) is 0 Å². The summed E-state index contributed by atoms with van der Waals surface area (Å²) in [6, 6.07) is 22.3. The zero-order chi connectivity index (χ0) is 21.8. The number of piperazine rings is 1. The van der Waals surface area contributed by atoms with Crippen LogP contribution in [0.5, 0.6) is 0 Å². The van der Waals surface area contributed by atoms with Crippen molar-refractivity contribution < 1.29 is 4.79 Å². The average Bonchev–Trinajstić information content (AvgIpc) is 3.39. The summed E-state index contributed by atoms with van der Waals surface area (Å²) in [5.74, 6) is 0.0968. The van der Waals surface area contributed by atoms with Gasteiger partial charge in [-0.2, -0.15) is 11.3 Å². The second-order valence-electron chi connectivity index (χ2n) is 7.99. The topological polar surface area (TPSA) is 36.4 Å². The fourth-order valence-corrected chi connectivity index (χ4v) is 4.77. The van der Waals surface area contributed by atoms with Crippen molar-refractivity contribution >= 4 is 34.2 Å². The van der Waals surface area contributed by atoms with Gasteiger partial charge in [0.15, 0.2) is 0 Å². The number of para-hydroxylation sites is 1. The molecule has 0 N–H and O–H groups in total. The van der Waals surface area contributed by atoms with Crippen molar-refractivity contribution in [1.29, 1.82) is 0 Å². The van der Waals surface area contributed by atoms with Crippen LogP contribution in [0.25, 0.3) is 28.2 Å². The first-order valence-corrected chi connectivity index (χ1v) is 11.9. The summed E-state index contributed by atoms with van der Waals surface area (Å²) in [4.78, 5) is 22.7. The lowest BCUT2D eigenvalue weighted by Gasteiger charge is -2.34. The maximum atomic E-state index is 13.5. The molecule has 0 bridgehead atoms. The van der Waals surface area contributed by atoms with Crippen molar-refractivity contribution in [2.45, 2.75) is 0 Å². The van der Waals surface area contributed by atoms with Gasteiger partial charge in [-0.15, -0.1) is 0 Å². The van der Waals surface area contributed by atoms with Crippen molar-refractivity contribution in [2.24, 2.45) is 0 Å². The number of thiophene rings is 1. The summed E-state index contributed by atoms with van der Waals surface area (Å²) in [5.41, 5.74) is 4.74. The summed E-state index contributed by atoms with van der Waals surface area (Å²) >= 11 is 1.64. The minimum absolute atomic E-state index is 0.0968. The number of aromatic nitrogens is 1. The van der Waals surface area contributed by atoms with Gasteiger partial charge in [0.25, 0.3) is 5.91 Å². The van der Waals surface area contributed by atoms with Crippen LogP contribution in [0.1, 0.15) is 15.9 Å². The van der Waals surface area contributed by atoms with Crippen LogP contribution >= 0.6 is 11.3 Å². The lowest BCUT2D eigenvalue weighted by atomic mass is 10.0. The molecule has 4 aromatic rings. The Morgan fingerprint density at radius 1 is 0.969 bits per heavy atom. The van der Waals surface area contributed by atoms with E-state index in [2.05, 4.69) is 52.8 Å². The summed E-state index contributed by atoms with van der Waals surface area (Å²) < 4.78 is 0. The quantitative estimate of drug-likeness (QED) is 0.416. The summed E-state index contributed by atoms with van der Waals surface area (Å²) in [5, 5.41) is 5.04. The molecule has 1 fully saturated rings. The van der Waals surface area contributed by atoms with Crippen molar-refractivity contribution in [1.82, 2.24) is 14.8 Å². The third-order valence-electron chi connectivity index (χ3n) is 5.90. The maximum Gasteiger partial charge on any atom is 0.254 e. The highest BCUT2D eigenvalue weighted by Gasteiger charge is 2.24. The molecule has 4 nitrogen and oxygen atoms in total. The largest absolute Gasteiger partial charge is 0.336 e. The van der Waals surface area contributed by atoms with Gasteiger partial charge in [0.1, 0.15) is 0 Å². The Bertz CT molecular complexity index is 1230. The molecular formula is C27H25N3OS. The predicted molar refractivity (Wildman–Crippen MR) is 133 cm³/mol. The van der Waals surface area contributed by atoms with Crippen molar-refractivity contribution in [2.75, 3.05) is 32.7 Å². The number of benzene rings is 2. The zero-order valence-electron chi connectivity index (χ0n) is 17.9. The molecule has 1 saturated heterocycles. The Labute approximate surface area is 192 Å². The highest BCUT2D eigenvalue weighted by molar-refractivity contribution is 7.08. The molecule has 32 heavy (non-hydrogen) atoms. The first-order valence-electron chi connectivity index (χ1n) is 10.9.